The molecule has 3 heteroatoms. The number of hydrogen-bond donors (Lipinski definition) is 2. The van der Waals surface area contributed by atoms with Gasteiger partial charge >= 0.3 is 0 Å². The van der Waals surface area contributed by atoms with Crippen molar-refractivity contribution in [2.75, 3.05) is 6.54 Å². The average molecular weight is 348 g/mol. The van der Waals surface area contributed by atoms with Crippen LogP contribution >= 0.6 is 0 Å². The average Bonchev–Trinajstić information content (AvgIpc) is 2.85. The van der Waals surface area contributed by atoms with E-state index in [1.807, 2.05) is 0 Å². The van der Waals surface area contributed by atoms with E-state index < -0.39 is 5.60 Å². The Morgan fingerprint density at radius 1 is 1.08 bits per heavy atom. The van der Waals surface area contributed by atoms with Crippen molar-refractivity contribution in [3.05, 3.63) is 0 Å². The van der Waals surface area contributed by atoms with E-state index in [0.717, 1.165) is 56.8 Å². The summed E-state index contributed by atoms with van der Waals surface area (Å²) in [5, 5.41) is 11.5. The number of hydrogen-bond acceptors (Lipinski definition) is 3. The Bertz CT molecular complexity index is 548. The minimum absolute atomic E-state index is 0.0804. The zero-order chi connectivity index (χ0) is 17.9. The Morgan fingerprint density at radius 2 is 1.84 bits per heavy atom. The molecule has 0 aromatic carbocycles. The largest absolute Gasteiger partial charge is 0.389 e. The van der Waals surface area contributed by atoms with Gasteiger partial charge in [-0.1, -0.05) is 13.8 Å². The second kappa shape index (κ2) is 6.05. The molecular formula is C22H37NO2. The summed E-state index contributed by atoms with van der Waals surface area (Å²) in [6, 6.07) is 0. The van der Waals surface area contributed by atoms with Crippen LogP contribution in [-0.4, -0.2) is 23.0 Å². The molecule has 4 fully saturated rings. The lowest BCUT2D eigenvalue weighted by molar-refractivity contribution is -0.158. The SMILES string of the molecule is C[C@]12CCC(=O)C[C@@H]1CC[C@@H]1[C@@H]2CC[C@@]2(C)[C@H]1CC[C@@]2(O)CCCN. The molecule has 3 nitrogen and oxygen atoms in total. The molecule has 0 spiro atoms. The Morgan fingerprint density at radius 3 is 2.60 bits per heavy atom. The highest BCUT2D eigenvalue weighted by atomic mass is 16.3. The van der Waals surface area contributed by atoms with Gasteiger partial charge in [-0.3, -0.25) is 4.79 Å². The Labute approximate surface area is 153 Å². The maximum Gasteiger partial charge on any atom is 0.133 e. The fraction of sp³-hybridized carbons (Fsp3) is 0.955. The molecule has 4 aliphatic rings. The van der Waals surface area contributed by atoms with E-state index in [1.54, 1.807) is 0 Å². The van der Waals surface area contributed by atoms with E-state index in [1.165, 1.54) is 25.7 Å². The van der Waals surface area contributed by atoms with Crippen LogP contribution in [-0.2, 0) is 4.79 Å². The Balaban J connectivity index is 1.59. The van der Waals surface area contributed by atoms with Crippen molar-refractivity contribution in [1.82, 2.24) is 0 Å². The minimum atomic E-state index is -0.498. The van der Waals surface area contributed by atoms with Crippen LogP contribution in [0.3, 0.4) is 0 Å². The predicted molar refractivity (Wildman–Crippen MR) is 100.0 cm³/mol. The third-order valence-electron chi connectivity index (χ3n) is 9.60. The summed E-state index contributed by atoms with van der Waals surface area (Å²) < 4.78 is 0. The van der Waals surface area contributed by atoms with Crippen molar-refractivity contribution >= 4 is 5.78 Å². The van der Waals surface area contributed by atoms with Gasteiger partial charge in [-0.05, 0) is 98.8 Å². The lowest BCUT2D eigenvalue weighted by Gasteiger charge is -2.61. The molecule has 0 bridgehead atoms. The summed E-state index contributed by atoms with van der Waals surface area (Å²) in [5.41, 5.74) is 5.70. The Hall–Kier alpha value is -0.410. The van der Waals surface area contributed by atoms with Crippen molar-refractivity contribution in [3.8, 4) is 0 Å². The summed E-state index contributed by atoms with van der Waals surface area (Å²) in [7, 11) is 0. The van der Waals surface area contributed by atoms with E-state index >= 15 is 0 Å². The third kappa shape index (κ3) is 2.48. The van der Waals surface area contributed by atoms with Crippen molar-refractivity contribution in [2.24, 2.45) is 40.2 Å². The van der Waals surface area contributed by atoms with E-state index in [9.17, 15) is 9.90 Å². The van der Waals surface area contributed by atoms with Gasteiger partial charge in [0.1, 0.15) is 5.78 Å². The molecule has 0 heterocycles. The molecule has 142 valence electrons. The van der Waals surface area contributed by atoms with Crippen molar-refractivity contribution in [2.45, 2.75) is 90.1 Å². The maximum absolute atomic E-state index is 12.0. The fourth-order valence-corrected chi connectivity index (χ4v) is 7.96. The van der Waals surface area contributed by atoms with Gasteiger partial charge in [-0.2, -0.15) is 0 Å². The van der Waals surface area contributed by atoms with Gasteiger partial charge in [-0.25, -0.2) is 0 Å². The van der Waals surface area contributed by atoms with Crippen LogP contribution in [0.25, 0.3) is 0 Å². The van der Waals surface area contributed by atoms with Crippen LogP contribution in [0.5, 0.6) is 0 Å². The fourth-order valence-electron chi connectivity index (χ4n) is 7.96. The zero-order valence-electron chi connectivity index (χ0n) is 16.2. The van der Waals surface area contributed by atoms with Gasteiger partial charge in [-0.15, -0.1) is 0 Å². The van der Waals surface area contributed by atoms with Crippen LogP contribution in [0, 0.1) is 34.5 Å². The standard InChI is InChI=1S/C22H37NO2/c1-20-10-6-16(24)14-15(20)4-5-17-18(20)7-11-21(2)19(17)8-12-22(21,25)9-3-13-23/h15,17-19,25H,3-14,23H2,1-2H3/t15-,17+,18-,19-,20-,21-,22-/m0/s1. The molecular weight excluding hydrogens is 310 g/mol. The summed E-state index contributed by atoms with van der Waals surface area (Å²) in [6.45, 7) is 5.57. The number of fused-ring (bicyclic) bond motifs is 5. The van der Waals surface area contributed by atoms with Crippen LogP contribution in [0.4, 0.5) is 0 Å². The van der Waals surface area contributed by atoms with Gasteiger partial charge in [0.05, 0.1) is 5.60 Å². The molecule has 0 amide bonds. The minimum Gasteiger partial charge on any atom is -0.389 e. The molecule has 25 heavy (non-hydrogen) atoms. The number of ketones is 1. The van der Waals surface area contributed by atoms with Gasteiger partial charge in [0.15, 0.2) is 0 Å². The number of Topliss-reactive ketones (excluding diaryl/α,β-unsaturated/α-hetero) is 1. The molecule has 0 aromatic heterocycles. The highest BCUT2D eigenvalue weighted by Crippen LogP contribution is 2.68. The van der Waals surface area contributed by atoms with E-state index in [0.29, 0.717) is 29.6 Å². The monoisotopic (exact) mass is 347 g/mol. The number of carbonyl (C=O) groups is 1. The highest BCUT2D eigenvalue weighted by molar-refractivity contribution is 5.79. The van der Waals surface area contributed by atoms with Crippen LogP contribution in [0.2, 0.25) is 0 Å². The lowest BCUT2D eigenvalue weighted by Crippen LogP contribution is -2.56. The van der Waals surface area contributed by atoms with Crippen LogP contribution in [0.15, 0.2) is 0 Å². The topological polar surface area (TPSA) is 63.3 Å². The first-order chi connectivity index (χ1) is 11.8. The predicted octanol–water partition coefficient (Wildman–Crippen LogP) is 4.07. The molecule has 0 aliphatic heterocycles. The van der Waals surface area contributed by atoms with Crippen molar-refractivity contribution < 1.29 is 9.90 Å². The molecule has 7 atom stereocenters. The number of rotatable bonds is 3. The van der Waals surface area contributed by atoms with E-state index in [2.05, 4.69) is 13.8 Å². The third-order valence-corrected chi connectivity index (χ3v) is 9.60. The normalized spacial score (nSPS) is 52.4. The van der Waals surface area contributed by atoms with Gasteiger partial charge in [0, 0.05) is 12.8 Å². The second-order valence-electron chi connectivity index (χ2n) is 10.3. The summed E-state index contributed by atoms with van der Waals surface area (Å²) in [4.78, 5) is 12.0. The quantitative estimate of drug-likeness (QED) is 0.809. The molecule has 0 radical (unpaired) electrons. The number of nitrogens with two attached hydrogens (primary N) is 1. The van der Waals surface area contributed by atoms with Gasteiger partial charge in [0.2, 0.25) is 0 Å². The molecule has 0 saturated heterocycles. The first kappa shape index (κ1) is 18.0. The second-order valence-corrected chi connectivity index (χ2v) is 10.3. The van der Waals surface area contributed by atoms with Crippen molar-refractivity contribution in [1.29, 1.82) is 0 Å². The molecule has 4 saturated carbocycles. The molecule has 4 aliphatic carbocycles. The first-order valence-corrected chi connectivity index (χ1v) is 10.8. The molecule has 0 aromatic rings. The molecule has 0 unspecified atom stereocenters. The first-order valence-electron chi connectivity index (χ1n) is 10.8. The Kier molecular flexibility index (Phi) is 4.35. The molecule has 4 rings (SSSR count). The number of carbonyl (C=O) groups excluding carboxylic acids is 1. The smallest absolute Gasteiger partial charge is 0.133 e. The van der Waals surface area contributed by atoms with Gasteiger partial charge in [0.25, 0.3) is 0 Å². The van der Waals surface area contributed by atoms with E-state index in [-0.39, 0.29) is 5.41 Å². The molecule has 3 N–H and O–H groups in total. The van der Waals surface area contributed by atoms with Gasteiger partial charge < -0.3 is 10.8 Å². The summed E-state index contributed by atoms with van der Waals surface area (Å²) >= 11 is 0. The van der Waals surface area contributed by atoms with E-state index in [4.69, 9.17) is 5.73 Å². The number of aliphatic hydroxyl groups is 1. The maximum atomic E-state index is 12.0. The lowest BCUT2D eigenvalue weighted by atomic mass is 9.44. The summed E-state index contributed by atoms with van der Waals surface area (Å²) in [5.74, 6) is 3.33. The highest BCUT2D eigenvalue weighted by Gasteiger charge is 2.64. The van der Waals surface area contributed by atoms with Crippen molar-refractivity contribution in [3.63, 3.8) is 0 Å². The zero-order valence-corrected chi connectivity index (χ0v) is 16.2. The van der Waals surface area contributed by atoms with Crippen LogP contribution in [0.1, 0.15) is 84.5 Å². The van der Waals surface area contributed by atoms with Crippen LogP contribution < -0.4 is 5.73 Å². The summed E-state index contributed by atoms with van der Waals surface area (Å²) in [6.07, 6.45) is 11.7.